The summed E-state index contributed by atoms with van der Waals surface area (Å²) in [5.41, 5.74) is 2.89. The number of amides is 2. The zero-order valence-electron chi connectivity index (χ0n) is 15.8. The van der Waals surface area contributed by atoms with Crippen molar-refractivity contribution in [3.05, 3.63) is 59.7 Å². The summed E-state index contributed by atoms with van der Waals surface area (Å²) in [7, 11) is 0. The Hall–Kier alpha value is -2.31. The Morgan fingerprint density at radius 1 is 1.14 bits per heavy atom. The van der Waals surface area contributed by atoms with Crippen LogP contribution >= 0.6 is 11.8 Å². The fraction of sp³-hybridized carbons (Fsp3) is 0.364. The molecule has 0 bridgehead atoms. The van der Waals surface area contributed by atoms with Crippen molar-refractivity contribution in [2.75, 3.05) is 30.3 Å². The Morgan fingerprint density at radius 2 is 1.96 bits per heavy atom. The van der Waals surface area contributed by atoms with Gasteiger partial charge in [0.1, 0.15) is 0 Å². The van der Waals surface area contributed by atoms with Crippen molar-refractivity contribution in [2.24, 2.45) is 0 Å². The third-order valence-corrected chi connectivity index (χ3v) is 6.36. The molecule has 2 aliphatic rings. The molecule has 2 heterocycles. The molecular formula is C22H25N3O2S. The number of piperidine rings is 1. The molecule has 0 aromatic heterocycles. The molecule has 2 aromatic rings. The Labute approximate surface area is 169 Å². The first-order valence-electron chi connectivity index (χ1n) is 9.84. The molecule has 0 unspecified atom stereocenters. The van der Waals surface area contributed by atoms with Crippen LogP contribution in [0, 0.1) is 0 Å². The third kappa shape index (κ3) is 4.23. The van der Waals surface area contributed by atoms with Crippen LogP contribution in [0.5, 0.6) is 0 Å². The van der Waals surface area contributed by atoms with Crippen molar-refractivity contribution in [3.8, 4) is 0 Å². The van der Waals surface area contributed by atoms with Crippen LogP contribution in [0.4, 0.5) is 5.69 Å². The highest BCUT2D eigenvalue weighted by molar-refractivity contribution is 8.00. The highest BCUT2D eigenvalue weighted by Crippen LogP contribution is 2.29. The number of benzene rings is 2. The van der Waals surface area contributed by atoms with E-state index in [0.29, 0.717) is 11.3 Å². The molecule has 5 nitrogen and oxygen atoms in total. The van der Waals surface area contributed by atoms with Gasteiger partial charge in [0.25, 0.3) is 5.91 Å². The molecule has 0 radical (unpaired) electrons. The molecule has 2 amide bonds. The zero-order valence-corrected chi connectivity index (χ0v) is 16.6. The van der Waals surface area contributed by atoms with Crippen LogP contribution in [0.25, 0.3) is 0 Å². The number of carbonyl (C=O) groups excluding carboxylic acids is 2. The number of para-hydroxylation sites is 1. The van der Waals surface area contributed by atoms with Crippen LogP contribution < -0.4 is 15.5 Å². The molecule has 2 aliphatic heterocycles. The molecule has 4 rings (SSSR count). The van der Waals surface area contributed by atoms with Crippen molar-refractivity contribution < 1.29 is 9.59 Å². The lowest BCUT2D eigenvalue weighted by Gasteiger charge is -2.24. The van der Waals surface area contributed by atoms with Gasteiger partial charge in [0, 0.05) is 29.7 Å². The summed E-state index contributed by atoms with van der Waals surface area (Å²) < 4.78 is 0. The van der Waals surface area contributed by atoms with Gasteiger partial charge in [-0.3, -0.25) is 9.59 Å². The number of thioether (sulfide) groups is 1. The maximum Gasteiger partial charge on any atom is 0.252 e. The number of hydrogen-bond acceptors (Lipinski definition) is 4. The highest BCUT2D eigenvalue weighted by atomic mass is 32.2. The molecule has 0 saturated carbocycles. The van der Waals surface area contributed by atoms with Crippen LogP contribution in [0.15, 0.2) is 53.4 Å². The second-order valence-corrected chi connectivity index (χ2v) is 8.24. The minimum Gasteiger partial charge on any atom is -0.348 e. The predicted octanol–water partition coefficient (Wildman–Crippen LogP) is 2.85. The maximum atomic E-state index is 12.8. The minimum absolute atomic E-state index is 0.0595. The molecule has 0 spiro atoms. The van der Waals surface area contributed by atoms with E-state index >= 15 is 0 Å². The first kappa shape index (κ1) is 19.0. The Morgan fingerprint density at radius 3 is 2.82 bits per heavy atom. The highest BCUT2D eigenvalue weighted by Gasteiger charge is 2.25. The van der Waals surface area contributed by atoms with E-state index in [2.05, 4.69) is 16.7 Å². The van der Waals surface area contributed by atoms with Gasteiger partial charge in [-0.05, 0) is 49.6 Å². The lowest BCUT2D eigenvalue weighted by molar-refractivity contribution is -0.116. The molecule has 2 aromatic carbocycles. The van der Waals surface area contributed by atoms with Crippen molar-refractivity contribution in [3.63, 3.8) is 0 Å². The molecule has 6 heteroatoms. The van der Waals surface area contributed by atoms with E-state index in [1.54, 1.807) is 0 Å². The monoisotopic (exact) mass is 395 g/mol. The van der Waals surface area contributed by atoms with Crippen LogP contribution in [-0.2, 0) is 11.2 Å². The van der Waals surface area contributed by atoms with E-state index in [4.69, 9.17) is 0 Å². The van der Waals surface area contributed by atoms with Gasteiger partial charge in [-0.2, -0.15) is 0 Å². The topological polar surface area (TPSA) is 61.4 Å². The summed E-state index contributed by atoms with van der Waals surface area (Å²) in [4.78, 5) is 28.2. The molecule has 28 heavy (non-hydrogen) atoms. The number of hydrogen-bond donors (Lipinski definition) is 2. The number of nitrogens with one attached hydrogen (secondary N) is 2. The quantitative estimate of drug-likeness (QED) is 0.765. The molecule has 1 atom stereocenters. The van der Waals surface area contributed by atoms with Gasteiger partial charge in [-0.25, -0.2) is 0 Å². The van der Waals surface area contributed by atoms with Gasteiger partial charge in [-0.15, -0.1) is 11.8 Å². The van der Waals surface area contributed by atoms with Gasteiger partial charge >= 0.3 is 0 Å². The van der Waals surface area contributed by atoms with Gasteiger partial charge < -0.3 is 15.5 Å². The average Bonchev–Trinajstić information content (AvgIpc) is 3.17. The lowest BCUT2D eigenvalue weighted by atomic mass is 10.1. The Balaban J connectivity index is 1.40. The second-order valence-electron chi connectivity index (χ2n) is 7.23. The molecule has 1 fully saturated rings. The van der Waals surface area contributed by atoms with E-state index in [-0.39, 0.29) is 17.9 Å². The van der Waals surface area contributed by atoms with Crippen molar-refractivity contribution in [1.29, 1.82) is 0 Å². The molecule has 0 aliphatic carbocycles. The summed E-state index contributed by atoms with van der Waals surface area (Å²) in [5.74, 6) is 0.348. The van der Waals surface area contributed by atoms with Crippen LogP contribution in [0.2, 0.25) is 0 Å². The van der Waals surface area contributed by atoms with Gasteiger partial charge in [-0.1, -0.05) is 30.3 Å². The third-order valence-electron chi connectivity index (χ3n) is 5.30. The summed E-state index contributed by atoms with van der Waals surface area (Å²) in [6, 6.07) is 15.8. The Kier molecular flexibility index (Phi) is 5.98. The normalized spacial score (nSPS) is 18.6. The predicted molar refractivity (Wildman–Crippen MR) is 113 cm³/mol. The SMILES string of the molecule is O=C(N[C@H]1CCCNC1)c1ccccc1SCC(=O)N1CCc2ccccc21. The number of nitrogens with zero attached hydrogens (tertiary/aromatic N) is 1. The number of anilines is 1. The molecular weight excluding hydrogens is 370 g/mol. The molecule has 146 valence electrons. The van der Waals surface area contributed by atoms with E-state index in [1.165, 1.54) is 17.3 Å². The van der Waals surface area contributed by atoms with E-state index in [1.807, 2.05) is 47.4 Å². The van der Waals surface area contributed by atoms with E-state index in [9.17, 15) is 9.59 Å². The zero-order chi connectivity index (χ0) is 19.3. The maximum absolute atomic E-state index is 12.8. The standard InChI is InChI=1S/C22H25N3O2S/c26-21(25-13-11-16-6-1-3-9-19(16)25)15-28-20-10-4-2-8-18(20)22(27)24-17-7-5-12-23-14-17/h1-4,6,8-10,17,23H,5,7,11-15H2,(H,24,27)/t17-/m0/s1. The van der Waals surface area contributed by atoms with Crippen molar-refractivity contribution in [2.45, 2.75) is 30.2 Å². The first-order valence-corrected chi connectivity index (χ1v) is 10.8. The summed E-state index contributed by atoms with van der Waals surface area (Å²) >= 11 is 1.44. The van der Waals surface area contributed by atoms with E-state index < -0.39 is 0 Å². The van der Waals surface area contributed by atoms with Crippen molar-refractivity contribution >= 4 is 29.3 Å². The van der Waals surface area contributed by atoms with Crippen LogP contribution in [0.3, 0.4) is 0 Å². The number of rotatable bonds is 5. The van der Waals surface area contributed by atoms with Crippen LogP contribution in [0.1, 0.15) is 28.8 Å². The summed E-state index contributed by atoms with van der Waals surface area (Å²) in [5, 5.41) is 6.44. The smallest absolute Gasteiger partial charge is 0.252 e. The second kappa shape index (κ2) is 8.80. The first-order chi connectivity index (χ1) is 13.7. The fourth-order valence-electron chi connectivity index (χ4n) is 3.83. The molecule has 1 saturated heterocycles. The summed E-state index contributed by atoms with van der Waals surface area (Å²) in [6.07, 6.45) is 2.98. The summed E-state index contributed by atoms with van der Waals surface area (Å²) in [6.45, 7) is 2.56. The van der Waals surface area contributed by atoms with Gasteiger partial charge in [0.2, 0.25) is 5.91 Å². The van der Waals surface area contributed by atoms with Crippen molar-refractivity contribution in [1.82, 2.24) is 10.6 Å². The average molecular weight is 396 g/mol. The van der Waals surface area contributed by atoms with Gasteiger partial charge in [0.15, 0.2) is 0 Å². The number of fused-ring (bicyclic) bond motifs is 1. The number of carbonyl (C=O) groups is 2. The Bertz CT molecular complexity index is 864. The minimum atomic E-state index is -0.0595. The fourth-order valence-corrected chi connectivity index (χ4v) is 4.76. The lowest BCUT2D eigenvalue weighted by Crippen LogP contribution is -2.45. The van der Waals surface area contributed by atoms with Gasteiger partial charge in [0.05, 0.1) is 11.3 Å². The molecule has 2 N–H and O–H groups in total. The van der Waals surface area contributed by atoms with Crippen LogP contribution in [-0.4, -0.2) is 43.2 Å². The largest absolute Gasteiger partial charge is 0.348 e. The van der Waals surface area contributed by atoms with E-state index in [0.717, 1.165) is 49.5 Å².